The molecule has 2 aromatic carbocycles. The molecule has 0 aliphatic rings. The van der Waals surface area contributed by atoms with Crippen molar-refractivity contribution >= 4 is 12.2 Å². The van der Waals surface area contributed by atoms with Crippen LogP contribution in [0.2, 0.25) is 0 Å². The van der Waals surface area contributed by atoms with Crippen molar-refractivity contribution in [3.8, 4) is 22.5 Å². The third kappa shape index (κ3) is 3.35. The van der Waals surface area contributed by atoms with Gasteiger partial charge in [0.15, 0.2) is 0 Å². The minimum absolute atomic E-state index is 0.174. The van der Waals surface area contributed by atoms with Crippen molar-refractivity contribution in [3.63, 3.8) is 0 Å². The number of carbonyl (C=O) groups excluding carboxylic acids is 1. The highest BCUT2D eigenvalue weighted by Gasteiger charge is 2.14. The van der Waals surface area contributed by atoms with Gasteiger partial charge in [0.25, 0.3) is 0 Å². The first-order valence-corrected chi connectivity index (χ1v) is 7.61. The van der Waals surface area contributed by atoms with E-state index in [0.29, 0.717) is 0 Å². The fourth-order valence-corrected chi connectivity index (χ4v) is 2.66. The number of amides is 1. The molecule has 0 aliphatic carbocycles. The molecule has 0 radical (unpaired) electrons. The fourth-order valence-electron chi connectivity index (χ4n) is 2.66. The largest absolute Gasteiger partial charge is 0.331 e. The molecule has 0 unspecified atom stereocenters. The number of aromatic nitrogens is 1. The second-order valence-corrected chi connectivity index (χ2v) is 5.27. The van der Waals surface area contributed by atoms with Gasteiger partial charge in [0.1, 0.15) is 12.9 Å². The van der Waals surface area contributed by atoms with Crippen LogP contribution in [0.4, 0.5) is 0 Å². The molecule has 0 saturated carbocycles. The summed E-state index contributed by atoms with van der Waals surface area (Å²) >= 11 is 0. The van der Waals surface area contributed by atoms with Crippen LogP contribution >= 0.6 is 0 Å². The lowest BCUT2D eigenvalue weighted by atomic mass is 10.1. The molecule has 3 rings (SSSR count). The molecule has 5 heteroatoms. The number of hydrogen-bond acceptors (Lipinski definition) is 3. The quantitative estimate of drug-likeness (QED) is 0.329. The minimum atomic E-state index is -0.185. The Labute approximate surface area is 140 Å². The predicted molar refractivity (Wildman–Crippen MR) is 96.1 cm³/mol. The second kappa shape index (κ2) is 7.28. The van der Waals surface area contributed by atoms with E-state index in [4.69, 9.17) is 5.84 Å². The molecule has 1 aromatic heterocycles. The highest BCUT2D eigenvalue weighted by molar-refractivity contribution is 5.88. The first kappa shape index (κ1) is 15.6. The first-order valence-electron chi connectivity index (χ1n) is 7.61. The van der Waals surface area contributed by atoms with Crippen LogP contribution in [0.25, 0.3) is 22.5 Å². The molecule has 5 nitrogen and oxygen atoms in total. The Morgan fingerprint density at radius 1 is 0.917 bits per heavy atom. The Balaban J connectivity index is 2.04. The van der Waals surface area contributed by atoms with Gasteiger partial charge in [0, 0.05) is 11.4 Å². The Kier molecular flexibility index (Phi) is 4.72. The summed E-state index contributed by atoms with van der Waals surface area (Å²) in [5.74, 6) is 4.85. The van der Waals surface area contributed by atoms with Crippen molar-refractivity contribution in [1.82, 2.24) is 9.88 Å². The van der Waals surface area contributed by atoms with Crippen LogP contribution in [0.3, 0.4) is 0 Å². The normalized spacial score (nSPS) is 10.8. The van der Waals surface area contributed by atoms with Gasteiger partial charge in [-0.3, -0.25) is 4.79 Å². The second-order valence-electron chi connectivity index (χ2n) is 5.27. The highest BCUT2D eigenvalue weighted by Crippen LogP contribution is 2.28. The zero-order chi connectivity index (χ0) is 16.8. The maximum Gasteiger partial charge on any atom is 0.245 e. The minimum Gasteiger partial charge on any atom is -0.331 e. The van der Waals surface area contributed by atoms with Crippen molar-refractivity contribution in [2.24, 2.45) is 10.9 Å². The fraction of sp³-hybridized carbons (Fsp3) is 0.0526. The van der Waals surface area contributed by atoms with Crippen LogP contribution in [-0.2, 0) is 11.3 Å². The van der Waals surface area contributed by atoms with Gasteiger partial charge in [-0.15, -0.1) is 0 Å². The molecule has 3 N–H and O–H groups in total. The van der Waals surface area contributed by atoms with Crippen molar-refractivity contribution in [1.29, 1.82) is 0 Å². The zero-order valence-corrected chi connectivity index (χ0v) is 13.1. The van der Waals surface area contributed by atoms with Gasteiger partial charge in [-0.2, -0.15) is 5.10 Å². The number of benzene rings is 2. The Morgan fingerprint density at radius 3 is 1.88 bits per heavy atom. The summed E-state index contributed by atoms with van der Waals surface area (Å²) in [6, 6.07) is 24.0. The van der Waals surface area contributed by atoms with Gasteiger partial charge >= 0.3 is 0 Å². The molecule has 0 bridgehead atoms. The summed E-state index contributed by atoms with van der Waals surface area (Å²) in [5, 5.41) is 5.85. The SMILES string of the molecule is N/N=C/NC(=O)Cn1c(-c2ccccc2)ccc1-c1ccccc1. The zero-order valence-electron chi connectivity index (χ0n) is 13.1. The monoisotopic (exact) mass is 318 g/mol. The van der Waals surface area contributed by atoms with Crippen LogP contribution in [-0.4, -0.2) is 16.8 Å². The van der Waals surface area contributed by atoms with E-state index in [1.54, 1.807) is 0 Å². The summed E-state index contributed by atoms with van der Waals surface area (Å²) in [6.07, 6.45) is 1.19. The third-order valence-corrected chi connectivity index (χ3v) is 3.72. The topological polar surface area (TPSA) is 72.4 Å². The molecule has 1 amide bonds. The number of carbonyl (C=O) groups is 1. The third-order valence-electron chi connectivity index (χ3n) is 3.72. The summed E-state index contributed by atoms with van der Waals surface area (Å²) in [4.78, 5) is 12.2. The van der Waals surface area contributed by atoms with Crippen LogP contribution in [0.15, 0.2) is 77.9 Å². The van der Waals surface area contributed by atoms with Gasteiger partial charge in [-0.1, -0.05) is 60.7 Å². The van der Waals surface area contributed by atoms with Gasteiger partial charge in [-0.05, 0) is 23.3 Å². The summed E-state index contributed by atoms with van der Waals surface area (Å²) in [7, 11) is 0. The maximum atomic E-state index is 12.2. The summed E-state index contributed by atoms with van der Waals surface area (Å²) < 4.78 is 1.99. The molecule has 0 spiro atoms. The van der Waals surface area contributed by atoms with Crippen molar-refractivity contribution in [3.05, 3.63) is 72.8 Å². The number of hydrazone groups is 1. The molecule has 24 heavy (non-hydrogen) atoms. The van der Waals surface area contributed by atoms with Gasteiger partial charge in [0.2, 0.25) is 5.91 Å². The van der Waals surface area contributed by atoms with Crippen LogP contribution in [0.5, 0.6) is 0 Å². The molecule has 0 atom stereocenters. The van der Waals surface area contributed by atoms with E-state index in [1.807, 2.05) is 77.4 Å². The molecular formula is C19H18N4O. The molecule has 3 aromatic rings. The maximum absolute atomic E-state index is 12.2. The lowest BCUT2D eigenvalue weighted by Crippen LogP contribution is -2.27. The number of nitrogens with one attached hydrogen (secondary N) is 1. The number of nitrogens with zero attached hydrogens (tertiary/aromatic N) is 2. The highest BCUT2D eigenvalue weighted by atomic mass is 16.1. The summed E-state index contributed by atoms with van der Waals surface area (Å²) in [5.41, 5.74) is 4.07. The number of hydrogen-bond donors (Lipinski definition) is 2. The molecule has 0 saturated heterocycles. The first-order chi connectivity index (χ1) is 11.8. The van der Waals surface area contributed by atoms with Crippen LogP contribution in [0, 0.1) is 0 Å². The van der Waals surface area contributed by atoms with E-state index in [9.17, 15) is 4.79 Å². The average molecular weight is 318 g/mol. The summed E-state index contributed by atoms with van der Waals surface area (Å²) in [6.45, 7) is 0.174. The molecule has 0 aliphatic heterocycles. The van der Waals surface area contributed by atoms with Crippen molar-refractivity contribution in [2.75, 3.05) is 0 Å². The Bertz CT molecular complexity index is 781. The molecule has 0 fully saturated rings. The molecular weight excluding hydrogens is 300 g/mol. The van der Waals surface area contributed by atoms with E-state index in [2.05, 4.69) is 10.4 Å². The van der Waals surface area contributed by atoms with Gasteiger partial charge < -0.3 is 15.7 Å². The van der Waals surface area contributed by atoms with Crippen molar-refractivity contribution < 1.29 is 4.79 Å². The van der Waals surface area contributed by atoms with E-state index in [1.165, 1.54) is 6.34 Å². The van der Waals surface area contributed by atoms with E-state index in [0.717, 1.165) is 22.5 Å². The van der Waals surface area contributed by atoms with E-state index in [-0.39, 0.29) is 12.5 Å². The Morgan fingerprint density at radius 2 is 1.42 bits per heavy atom. The lowest BCUT2D eigenvalue weighted by Gasteiger charge is -2.13. The van der Waals surface area contributed by atoms with E-state index < -0.39 is 0 Å². The van der Waals surface area contributed by atoms with Crippen molar-refractivity contribution in [2.45, 2.75) is 6.54 Å². The smallest absolute Gasteiger partial charge is 0.245 e. The lowest BCUT2D eigenvalue weighted by molar-refractivity contribution is -0.120. The predicted octanol–water partition coefficient (Wildman–Crippen LogP) is 2.84. The standard InChI is InChI=1S/C19H18N4O/c20-22-14-21-19(24)13-23-17(15-7-3-1-4-8-15)11-12-18(23)16-9-5-2-6-10-16/h1-12,14H,13,20H2,(H,21,22,24). The number of nitrogens with two attached hydrogens (primary N) is 1. The average Bonchev–Trinajstić information content (AvgIpc) is 3.05. The Hall–Kier alpha value is -3.34. The van der Waals surface area contributed by atoms with Gasteiger partial charge in [-0.25, -0.2) is 0 Å². The molecule has 1 heterocycles. The van der Waals surface area contributed by atoms with Crippen LogP contribution in [0.1, 0.15) is 0 Å². The van der Waals surface area contributed by atoms with Gasteiger partial charge in [0.05, 0.1) is 0 Å². The van der Waals surface area contributed by atoms with E-state index >= 15 is 0 Å². The molecule has 120 valence electrons. The number of rotatable bonds is 5. The van der Waals surface area contributed by atoms with Crippen LogP contribution < -0.4 is 11.2 Å².